The molecular weight excluding hydrogens is 324 g/mol. The maximum atomic E-state index is 12.7. The van der Waals surface area contributed by atoms with Crippen molar-refractivity contribution in [2.75, 3.05) is 19.6 Å². The number of hydrogen-bond donors (Lipinski definition) is 2. The molecule has 140 valence electrons. The lowest BCUT2D eigenvalue weighted by Crippen LogP contribution is -2.39. The molecule has 0 aliphatic carbocycles. The molecule has 5 heteroatoms. The molecule has 0 bridgehead atoms. The number of benzene rings is 1. The first-order chi connectivity index (χ1) is 12.7. The van der Waals surface area contributed by atoms with Gasteiger partial charge in [0.2, 0.25) is 0 Å². The Morgan fingerprint density at radius 1 is 1.19 bits per heavy atom. The number of likely N-dealkylation sites (tertiary alicyclic amines) is 1. The van der Waals surface area contributed by atoms with Gasteiger partial charge in [-0.05, 0) is 44.8 Å². The van der Waals surface area contributed by atoms with Crippen molar-refractivity contribution >= 4 is 5.91 Å². The van der Waals surface area contributed by atoms with E-state index in [1.54, 1.807) is 0 Å². The third-order valence-corrected chi connectivity index (χ3v) is 5.40. The Balaban J connectivity index is 1.73. The standard InChI is InChI=1S/C21H30N4O/c1-3-18-16(2)20(24-23-18)21(26)22-15-19(17-11-7-6-8-12-17)25-13-9-4-5-10-14-25/h6-8,11-12,19H,3-5,9-10,13-15H2,1-2H3,(H,22,26)(H,23,24). The Labute approximate surface area is 156 Å². The van der Waals surface area contributed by atoms with Gasteiger partial charge in [0.15, 0.2) is 5.69 Å². The van der Waals surface area contributed by atoms with Crippen LogP contribution in [0.25, 0.3) is 0 Å². The predicted octanol–water partition coefficient (Wildman–Crippen LogP) is 3.63. The van der Waals surface area contributed by atoms with E-state index < -0.39 is 0 Å². The molecule has 1 unspecified atom stereocenters. The molecule has 26 heavy (non-hydrogen) atoms. The first-order valence-electron chi connectivity index (χ1n) is 9.81. The summed E-state index contributed by atoms with van der Waals surface area (Å²) in [6, 6.07) is 10.7. The van der Waals surface area contributed by atoms with Crippen molar-refractivity contribution < 1.29 is 4.79 Å². The lowest BCUT2D eigenvalue weighted by Gasteiger charge is -2.31. The molecule has 3 rings (SSSR count). The van der Waals surface area contributed by atoms with E-state index in [0.29, 0.717) is 12.2 Å². The molecule has 2 N–H and O–H groups in total. The third-order valence-electron chi connectivity index (χ3n) is 5.40. The highest BCUT2D eigenvalue weighted by Crippen LogP contribution is 2.24. The molecule has 2 heterocycles. The highest BCUT2D eigenvalue weighted by atomic mass is 16.1. The van der Waals surface area contributed by atoms with Crippen LogP contribution in [-0.2, 0) is 6.42 Å². The number of nitrogens with zero attached hydrogens (tertiary/aromatic N) is 2. The van der Waals surface area contributed by atoms with Crippen LogP contribution >= 0.6 is 0 Å². The van der Waals surface area contributed by atoms with Gasteiger partial charge in [0.25, 0.3) is 5.91 Å². The van der Waals surface area contributed by atoms with Crippen LogP contribution in [0, 0.1) is 6.92 Å². The van der Waals surface area contributed by atoms with Crippen LogP contribution < -0.4 is 5.32 Å². The first kappa shape index (κ1) is 18.6. The van der Waals surface area contributed by atoms with Gasteiger partial charge in [-0.25, -0.2) is 0 Å². The van der Waals surface area contributed by atoms with Crippen molar-refractivity contribution in [2.45, 2.75) is 52.0 Å². The SMILES string of the molecule is CCc1[nH]nc(C(=O)NCC(c2ccccc2)N2CCCCCC2)c1C. The van der Waals surface area contributed by atoms with Crippen molar-refractivity contribution in [3.8, 4) is 0 Å². The average molecular weight is 354 g/mol. The summed E-state index contributed by atoms with van der Waals surface area (Å²) in [4.78, 5) is 15.2. The number of nitrogens with one attached hydrogen (secondary N) is 2. The topological polar surface area (TPSA) is 61.0 Å². The Bertz CT molecular complexity index is 702. The predicted molar refractivity (Wildman–Crippen MR) is 104 cm³/mol. The van der Waals surface area contributed by atoms with Gasteiger partial charge in [-0.15, -0.1) is 0 Å². The monoisotopic (exact) mass is 354 g/mol. The lowest BCUT2D eigenvalue weighted by molar-refractivity contribution is 0.0927. The zero-order valence-electron chi connectivity index (χ0n) is 15.9. The fourth-order valence-corrected chi connectivity index (χ4v) is 3.81. The summed E-state index contributed by atoms with van der Waals surface area (Å²) in [6.45, 7) is 6.82. The van der Waals surface area contributed by atoms with Crippen LogP contribution in [0.15, 0.2) is 30.3 Å². The van der Waals surface area contributed by atoms with Crippen LogP contribution in [0.2, 0.25) is 0 Å². The van der Waals surface area contributed by atoms with Crippen molar-refractivity contribution in [1.82, 2.24) is 20.4 Å². The number of aromatic amines is 1. The number of aryl methyl sites for hydroxylation is 1. The summed E-state index contributed by atoms with van der Waals surface area (Å²) >= 11 is 0. The average Bonchev–Trinajstić information content (AvgIpc) is 2.86. The lowest BCUT2D eigenvalue weighted by atomic mass is 10.0. The fourth-order valence-electron chi connectivity index (χ4n) is 3.81. The smallest absolute Gasteiger partial charge is 0.272 e. The van der Waals surface area contributed by atoms with Crippen LogP contribution in [-0.4, -0.2) is 40.6 Å². The fraction of sp³-hybridized carbons (Fsp3) is 0.524. The first-order valence-corrected chi connectivity index (χ1v) is 9.81. The van der Waals surface area contributed by atoms with Gasteiger partial charge in [0.1, 0.15) is 0 Å². The molecular formula is C21H30N4O. The van der Waals surface area contributed by atoms with E-state index in [1.165, 1.54) is 31.2 Å². The van der Waals surface area contributed by atoms with Gasteiger partial charge < -0.3 is 5.32 Å². The summed E-state index contributed by atoms with van der Waals surface area (Å²) < 4.78 is 0. The molecule has 2 aromatic rings. The molecule has 0 radical (unpaired) electrons. The Morgan fingerprint density at radius 3 is 2.50 bits per heavy atom. The molecule has 1 aliphatic rings. The van der Waals surface area contributed by atoms with Crippen molar-refractivity contribution in [1.29, 1.82) is 0 Å². The van der Waals surface area contributed by atoms with Crippen molar-refractivity contribution in [3.05, 3.63) is 52.8 Å². The second-order valence-corrected chi connectivity index (χ2v) is 7.12. The van der Waals surface area contributed by atoms with Crippen molar-refractivity contribution in [2.24, 2.45) is 0 Å². The van der Waals surface area contributed by atoms with Gasteiger partial charge in [0.05, 0.1) is 6.04 Å². The maximum Gasteiger partial charge on any atom is 0.272 e. The highest BCUT2D eigenvalue weighted by molar-refractivity contribution is 5.93. The summed E-state index contributed by atoms with van der Waals surface area (Å²) in [5, 5.41) is 10.3. The molecule has 1 aromatic heterocycles. The summed E-state index contributed by atoms with van der Waals surface area (Å²) in [7, 11) is 0. The van der Waals surface area contributed by atoms with Gasteiger partial charge in [0, 0.05) is 17.8 Å². The number of carbonyl (C=O) groups excluding carboxylic acids is 1. The van der Waals surface area contributed by atoms with Gasteiger partial charge in [-0.3, -0.25) is 14.8 Å². The zero-order valence-corrected chi connectivity index (χ0v) is 15.9. The van der Waals surface area contributed by atoms with E-state index >= 15 is 0 Å². The van der Waals surface area contributed by atoms with E-state index in [1.807, 2.05) is 13.0 Å². The summed E-state index contributed by atoms with van der Waals surface area (Å²) in [6.07, 6.45) is 5.92. The summed E-state index contributed by atoms with van der Waals surface area (Å²) in [5.74, 6) is -0.0887. The zero-order chi connectivity index (χ0) is 18.4. The minimum atomic E-state index is -0.0887. The number of aromatic nitrogens is 2. The molecule has 1 aliphatic heterocycles. The van der Waals surface area contributed by atoms with E-state index in [2.05, 4.69) is 51.6 Å². The van der Waals surface area contributed by atoms with Crippen molar-refractivity contribution in [3.63, 3.8) is 0 Å². The van der Waals surface area contributed by atoms with E-state index in [0.717, 1.165) is 30.8 Å². The van der Waals surface area contributed by atoms with Crippen LogP contribution in [0.1, 0.15) is 66.0 Å². The number of hydrogen-bond acceptors (Lipinski definition) is 3. The molecule has 1 fully saturated rings. The van der Waals surface area contributed by atoms with Crippen LogP contribution in [0.5, 0.6) is 0 Å². The minimum Gasteiger partial charge on any atom is -0.349 e. The van der Waals surface area contributed by atoms with Crippen LogP contribution in [0.4, 0.5) is 0 Å². The molecule has 5 nitrogen and oxygen atoms in total. The number of carbonyl (C=O) groups is 1. The van der Waals surface area contributed by atoms with Gasteiger partial charge in [-0.2, -0.15) is 5.10 Å². The summed E-state index contributed by atoms with van der Waals surface area (Å²) in [5.41, 5.74) is 3.77. The van der Waals surface area contributed by atoms with E-state index in [9.17, 15) is 4.79 Å². The third kappa shape index (κ3) is 4.33. The van der Waals surface area contributed by atoms with E-state index in [4.69, 9.17) is 0 Å². The Morgan fingerprint density at radius 2 is 1.88 bits per heavy atom. The largest absolute Gasteiger partial charge is 0.349 e. The second kappa shape index (κ2) is 8.99. The van der Waals surface area contributed by atoms with Crippen LogP contribution in [0.3, 0.4) is 0 Å². The Hall–Kier alpha value is -2.14. The number of amides is 1. The molecule has 0 spiro atoms. The Kier molecular flexibility index (Phi) is 6.45. The number of rotatable bonds is 6. The number of H-pyrrole nitrogens is 1. The molecule has 1 aromatic carbocycles. The normalized spacial score (nSPS) is 16.8. The highest BCUT2D eigenvalue weighted by Gasteiger charge is 2.23. The molecule has 1 amide bonds. The quantitative estimate of drug-likeness (QED) is 0.833. The second-order valence-electron chi connectivity index (χ2n) is 7.12. The molecule has 1 saturated heterocycles. The molecule has 0 saturated carbocycles. The molecule has 1 atom stereocenters. The minimum absolute atomic E-state index is 0.0887. The van der Waals surface area contributed by atoms with Gasteiger partial charge >= 0.3 is 0 Å². The van der Waals surface area contributed by atoms with E-state index in [-0.39, 0.29) is 11.9 Å². The van der Waals surface area contributed by atoms with Gasteiger partial charge in [-0.1, -0.05) is 50.1 Å². The maximum absolute atomic E-state index is 12.7.